The second-order valence-electron chi connectivity index (χ2n) is 8.17. The average molecular weight is 482 g/mol. The van der Waals surface area contributed by atoms with Crippen molar-refractivity contribution in [1.29, 1.82) is 0 Å². The molecule has 10 nitrogen and oxygen atoms in total. The smallest absolute Gasteiger partial charge is 0.389 e. The molecule has 1 saturated heterocycles. The number of amides is 1. The van der Waals surface area contributed by atoms with Gasteiger partial charge in [-0.25, -0.2) is 19.7 Å². The predicted octanol–water partition coefficient (Wildman–Crippen LogP) is 2.98. The number of nitrogens with two attached hydrogens (primary N) is 1. The van der Waals surface area contributed by atoms with Crippen molar-refractivity contribution in [2.75, 3.05) is 17.6 Å². The number of fused-ring (bicyclic) bond motifs is 1. The summed E-state index contributed by atoms with van der Waals surface area (Å²) in [6.07, 6.45) is 7.06. The summed E-state index contributed by atoms with van der Waals surface area (Å²) in [4.78, 5) is 37.6. The first kappa shape index (κ1) is 23.0. The quantitative estimate of drug-likeness (QED) is 0.225. The van der Waals surface area contributed by atoms with Crippen molar-refractivity contribution in [3.8, 4) is 28.8 Å². The second-order valence-corrected chi connectivity index (χ2v) is 8.17. The van der Waals surface area contributed by atoms with E-state index in [1.807, 2.05) is 22.7 Å². The zero-order valence-corrected chi connectivity index (χ0v) is 19.5. The number of aromatic nitrogens is 4. The summed E-state index contributed by atoms with van der Waals surface area (Å²) in [6.45, 7) is 2.49. The first-order valence-electron chi connectivity index (χ1n) is 11.4. The number of ether oxygens (including phenoxy) is 1. The van der Waals surface area contributed by atoms with Crippen LogP contribution in [-0.4, -0.2) is 37.8 Å². The largest absolute Gasteiger partial charge is 0.417 e. The maximum Gasteiger partial charge on any atom is 0.389 e. The Labute approximate surface area is 206 Å². The number of nitrogens with zero attached hydrogens (tertiary/aromatic N) is 4. The SMILES string of the molecule is CC#CC(=O)Oc1ccnc(NC(=O)c2ccc(-c3nc([C@@H]4CCCN4)n4ccnc(N)c34)cc2)c1. The zero-order valence-electron chi connectivity index (χ0n) is 19.5. The molecule has 4 N–H and O–H groups in total. The third-order valence-electron chi connectivity index (χ3n) is 5.81. The van der Waals surface area contributed by atoms with Gasteiger partial charge in [0.25, 0.3) is 5.91 Å². The van der Waals surface area contributed by atoms with Crippen molar-refractivity contribution in [1.82, 2.24) is 24.7 Å². The van der Waals surface area contributed by atoms with Crippen LogP contribution in [0.15, 0.2) is 55.0 Å². The number of carbonyl (C=O) groups excluding carboxylic acids is 2. The van der Waals surface area contributed by atoms with Crippen molar-refractivity contribution >= 4 is 29.0 Å². The molecule has 1 fully saturated rings. The van der Waals surface area contributed by atoms with E-state index in [1.54, 1.807) is 18.3 Å². The molecule has 1 atom stereocenters. The molecule has 0 radical (unpaired) electrons. The first-order valence-corrected chi connectivity index (χ1v) is 11.4. The summed E-state index contributed by atoms with van der Waals surface area (Å²) < 4.78 is 7.08. The third kappa shape index (κ3) is 4.60. The van der Waals surface area contributed by atoms with Crippen LogP contribution in [0.1, 0.15) is 42.0 Å². The minimum absolute atomic E-state index is 0.148. The lowest BCUT2D eigenvalue weighted by atomic mass is 10.1. The Morgan fingerprint density at radius 1 is 1.19 bits per heavy atom. The summed E-state index contributed by atoms with van der Waals surface area (Å²) in [5.74, 6) is 5.47. The molecule has 0 saturated carbocycles. The second kappa shape index (κ2) is 9.85. The Balaban J connectivity index is 1.38. The van der Waals surface area contributed by atoms with Crippen LogP contribution in [0.4, 0.5) is 11.6 Å². The highest BCUT2D eigenvalue weighted by atomic mass is 16.5. The molecule has 0 bridgehead atoms. The Bertz CT molecular complexity index is 1510. The number of benzene rings is 1. The number of rotatable bonds is 5. The third-order valence-corrected chi connectivity index (χ3v) is 5.81. The lowest BCUT2D eigenvalue weighted by molar-refractivity contribution is -0.128. The number of carbonyl (C=O) groups is 2. The van der Waals surface area contributed by atoms with Gasteiger partial charge in [0.15, 0.2) is 0 Å². The van der Waals surface area contributed by atoms with E-state index in [9.17, 15) is 9.59 Å². The molecule has 3 aromatic heterocycles. The molecule has 0 spiro atoms. The number of nitrogens with one attached hydrogen (secondary N) is 2. The highest BCUT2D eigenvalue weighted by Gasteiger charge is 2.24. The van der Waals surface area contributed by atoms with Crippen molar-refractivity contribution in [2.24, 2.45) is 0 Å². The van der Waals surface area contributed by atoms with Gasteiger partial charge < -0.3 is 21.1 Å². The standard InChI is InChI=1S/C26H23N7O3/c1-2-4-21(34)36-18-10-12-29-20(15-18)31-26(35)17-8-6-16(7-9-17)22-23-24(27)30-13-14-33(23)25(32-22)19-5-3-11-28-19/h6-10,12-15,19,28H,3,5,11H2,1H3,(H2,27,30)(H,29,31,35)/t19-/m0/s1. The summed E-state index contributed by atoms with van der Waals surface area (Å²) >= 11 is 0. The van der Waals surface area contributed by atoms with Crippen LogP contribution in [0.3, 0.4) is 0 Å². The Kier molecular flexibility index (Phi) is 6.30. The van der Waals surface area contributed by atoms with E-state index in [0.29, 0.717) is 17.1 Å². The maximum atomic E-state index is 12.8. The molecule has 4 heterocycles. The van der Waals surface area contributed by atoms with Gasteiger partial charge >= 0.3 is 5.97 Å². The molecule has 1 aromatic carbocycles. The number of anilines is 2. The molecular weight excluding hydrogens is 458 g/mol. The fraction of sp³-hybridized carbons (Fsp3) is 0.192. The van der Waals surface area contributed by atoms with E-state index < -0.39 is 5.97 Å². The number of hydrogen-bond donors (Lipinski definition) is 3. The number of nitrogen functional groups attached to an aromatic ring is 1. The van der Waals surface area contributed by atoms with Gasteiger partial charge in [0.2, 0.25) is 0 Å². The highest BCUT2D eigenvalue weighted by Crippen LogP contribution is 2.32. The number of imidazole rings is 1. The van der Waals surface area contributed by atoms with Crippen LogP contribution in [0.25, 0.3) is 16.8 Å². The van der Waals surface area contributed by atoms with Crippen LogP contribution in [0.5, 0.6) is 5.75 Å². The molecule has 1 amide bonds. The van der Waals surface area contributed by atoms with Gasteiger partial charge in [-0.1, -0.05) is 18.1 Å². The summed E-state index contributed by atoms with van der Waals surface area (Å²) in [6, 6.07) is 10.2. The molecule has 0 aliphatic carbocycles. The van der Waals surface area contributed by atoms with Crippen LogP contribution in [0, 0.1) is 11.8 Å². The fourth-order valence-corrected chi connectivity index (χ4v) is 4.18. The normalized spacial score (nSPS) is 14.8. The number of hydrogen-bond acceptors (Lipinski definition) is 8. The van der Waals surface area contributed by atoms with E-state index >= 15 is 0 Å². The van der Waals surface area contributed by atoms with Crippen molar-refractivity contribution in [3.63, 3.8) is 0 Å². The minimum Gasteiger partial charge on any atom is -0.417 e. The number of pyridine rings is 1. The highest BCUT2D eigenvalue weighted by molar-refractivity contribution is 6.04. The van der Waals surface area contributed by atoms with E-state index in [4.69, 9.17) is 15.5 Å². The molecule has 36 heavy (non-hydrogen) atoms. The van der Waals surface area contributed by atoms with Crippen molar-refractivity contribution < 1.29 is 14.3 Å². The fourth-order valence-electron chi connectivity index (χ4n) is 4.18. The van der Waals surface area contributed by atoms with Gasteiger partial charge in [-0.3, -0.25) is 9.20 Å². The summed E-state index contributed by atoms with van der Waals surface area (Å²) in [5.41, 5.74) is 8.92. The zero-order chi connectivity index (χ0) is 25.1. The first-order chi connectivity index (χ1) is 17.5. The Hall–Kier alpha value is -4.75. The van der Waals surface area contributed by atoms with E-state index in [-0.39, 0.29) is 23.5 Å². The van der Waals surface area contributed by atoms with E-state index in [0.717, 1.165) is 36.3 Å². The topological polar surface area (TPSA) is 137 Å². The molecule has 4 aromatic rings. The molecule has 5 rings (SSSR count). The van der Waals surface area contributed by atoms with Gasteiger partial charge in [0, 0.05) is 41.7 Å². The van der Waals surface area contributed by atoms with E-state index in [1.165, 1.54) is 25.3 Å². The predicted molar refractivity (Wildman–Crippen MR) is 134 cm³/mol. The van der Waals surface area contributed by atoms with Gasteiger partial charge in [-0.05, 0) is 44.5 Å². The van der Waals surface area contributed by atoms with Crippen LogP contribution < -0.4 is 21.1 Å². The molecule has 180 valence electrons. The average Bonchev–Trinajstić information content (AvgIpc) is 3.53. The molecular formula is C26H23N7O3. The summed E-state index contributed by atoms with van der Waals surface area (Å²) in [7, 11) is 0. The Morgan fingerprint density at radius 3 is 2.78 bits per heavy atom. The van der Waals surface area contributed by atoms with Crippen molar-refractivity contribution in [3.05, 3.63) is 66.4 Å². The van der Waals surface area contributed by atoms with Crippen molar-refractivity contribution in [2.45, 2.75) is 25.8 Å². The van der Waals surface area contributed by atoms with E-state index in [2.05, 4.69) is 32.4 Å². The maximum absolute atomic E-state index is 12.8. The monoisotopic (exact) mass is 481 g/mol. The number of esters is 1. The molecule has 10 heteroatoms. The lowest BCUT2D eigenvalue weighted by Gasteiger charge is -2.08. The minimum atomic E-state index is -0.689. The molecule has 1 aliphatic rings. The van der Waals surface area contributed by atoms with Crippen LogP contribution in [0.2, 0.25) is 0 Å². The molecule has 0 unspecified atom stereocenters. The van der Waals surface area contributed by atoms with Crippen LogP contribution >= 0.6 is 0 Å². The van der Waals surface area contributed by atoms with Gasteiger partial charge in [0.1, 0.15) is 34.4 Å². The Morgan fingerprint density at radius 2 is 2.03 bits per heavy atom. The van der Waals surface area contributed by atoms with Gasteiger partial charge in [-0.2, -0.15) is 0 Å². The lowest BCUT2D eigenvalue weighted by Crippen LogP contribution is -2.16. The summed E-state index contributed by atoms with van der Waals surface area (Å²) in [5, 5.41) is 6.19. The molecule has 1 aliphatic heterocycles. The van der Waals surface area contributed by atoms with Gasteiger partial charge in [0.05, 0.1) is 6.04 Å². The van der Waals surface area contributed by atoms with Crippen LogP contribution in [-0.2, 0) is 4.79 Å². The van der Waals surface area contributed by atoms with Gasteiger partial charge in [-0.15, -0.1) is 0 Å².